The maximum Gasteiger partial charge on any atom is 0.239 e. The standard InChI is InChI=1S/C8H8N2O2/c1-7(6-10(11)12)8-4-2-3-5-9-8/h2-6H,1H3. The van der Waals surface area contributed by atoms with E-state index in [0.29, 0.717) is 11.3 Å². The van der Waals surface area contributed by atoms with Gasteiger partial charge in [-0.1, -0.05) is 6.07 Å². The Kier molecular flexibility index (Phi) is 2.53. The summed E-state index contributed by atoms with van der Waals surface area (Å²) in [6, 6.07) is 5.29. The smallest absolute Gasteiger partial charge is 0.239 e. The predicted octanol–water partition coefficient (Wildman–Crippen LogP) is 1.72. The van der Waals surface area contributed by atoms with Crippen LogP contribution in [0.25, 0.3) is 5.57 Å². The van der Waals surface area contributed by atoms with Gasteiger partial charge in [0.2, 0.25) is 6.20 Å². The van der Waals surface area contributed by atoms with Gasteiger partial charge in [0.15, 0.2) is 0 Å². The summed E-state index contributed by atoms with van der Waals surface area (Å²) in [4.78, 5) is 13.6. The number of nitro groups is 1. The lowest BCUT2D eigenvalue weighted by Gasteiger charge is -1.94. The summed E-state index contributed by atoms with van der Waals surface area (Å²) in [7, 11) is 0. The summed E-state index contributed by atoms with van der Waals surface area (Å²) in [5.74, 6) is 0. The van der Waals surface area contributed by atoms with Crippen molar-refractivity contribution in [1.82, 2.24) is 4.98 Å². The van der Waals surface area contributed by atoms with E-state index < -0.39 is 4.92 Å². The Morgan fingerprint density at radius 3 is 2.92 bits per heavy atom. The minimum atomic E-state index is -0.482. The molecule has 0 radical (unpaired) electrons. The highest BCUT2D eigenvalue weighted by atomic mass is 16.6. The Morgan fingerprint density at radius 1 is 1.67 bits per heavy atom. The summed E-state index contributed by atoms with van der Waals surface area (Å²) in [6.45, 7) is 1.66. The highest BCUT2D eigenvalue weighted by Crippen LogP contribution is 2.08. The van der Waals surface area contributed by atoms with Gasteiger partial charge in [-0.2, -0.15) is 0 Å². The molecule has 62 valence electrons. The van der Waals surface area contributed by atoms with Gasteiger partial charge in [0.05, 0.1) is 10.6 Å². The maximum absolute atomic E-state index is 10.1. The first-order valence-electron chi connectivity index (χ1n) is 3.43. The molecule has 0 bridgehead atoms. The second-order valence-corrected chi connectivity index (χ2v) is 2.31. The van der Waals surface area contributed by atoms with Gasteiger partial charge in [-0.3, -0.25) is 15.1 Å². The van der Waals surface area contributed by atoms with Crippen LogP contribution in [0, 0.1) is 10.1 Å². The van der Waals surface area contributed by atoms with E-state index in [1.165, 1.54) is 0 Å². The molecular weight excluding hydrogens is 156 g/mol. The van der Waals surface area contributed by atoms with Crippen molar-refractivity contribution in [2.24, 2.45) is 0 Å². The molecule has 0 atom stereocenters. The largest absolute Gasteiger partial charge is 0.259 e. The molecule has 0 saturated carbocycles. The average molecular weight is 164 g/mol. The Hall–Kier alpha value is -1.71. The van der Waals surface area contributed by atoms with Crippen molar-refractivity contribution in [3.8, 4) is 0 Å². The normalized spacial score (nSPS) is 11.2. The molecule has 0 aliphatic heterocycles. The molecule has 0 fully saturated rings. The SMILES string of the molecule is CC(=C[N+](=O)[O-])c1ccccn1. The van der Waals surface area contributed by atoms with Crippen LogP contribution >= 0.6 is 0 Å². The first-order chi connectivity index (χ1) is 5.70. The number of allylic oxidation sites excluding steroid dienone is 1. The van der Waals surface area contributed by atoms with Crippen LogP contribution in [0.2, 0.25) is 0 Å². The number of pyridine rings is 1. The Bertz CT molecular complexity index is 306. The van der Waals surface area contributed by atoms with Crippen molar-refractivity contribution >= 4 is 5.57 Å². The zero-order chi connectivity index (χ0) is 8.97. The number of rotatable bonds is 2. The van der Waals surface area contributed by atoms with Crippen molar-refractivity contribution < 1.29 is 4.92 Å². The van der Waals surface area contributed by atoms with Crippen LogP contribution in [0.1, 0.15) is 12.6 Å². The Balaban J connectivity index is 2.93. The van der Waals surface area contributed by atoms with Crippen molar-refractivity contribution in [1.29, 1.82) is 0 Å². The minimum absolute atomic E-state index is 0.482. The lowest BCUT2D eigenvalue weighted by molar-refractivity contribution is -0.401. The fourth-order valence-corrected chi connectivity index (χ4v) is 0.820. The molecular formula is C8H8N2O2. The van der Waals surface area contributed by atoms with Crippen LogP contribution in [-0.4, -0.2) is 9.91 Å². The van der Waals surface area contributed by atoms with E-state index in [1.54, 1.807) is 31.3 Å². The van der Waals surface area contributed by atoms with Crippen molar-refractivity contribution in [2.45, 2.75) is 6.92 Å². The van der Waals surface area contributed by atoms with Crippen molar-refractivity contribution in [3.63, 3.8) is 0 Å². The molecule has 0 aliphatic carbocycles. The van der Waals surface area contributed by atoms with Crippen LogP contribution in [0.4, 0.5) is 0 Å². The van der Waals surface area contributed by atoms with Crippen LogP contribution in [0.5, 0.6) is 0 Å². The van der Waals surface area contributed by atoms with Crippen molar-refractivity contribution in [3.05, 3.63) is 46.4 Å². The summed E-state index contributed by atoms with van der Waals surface area (Å²) in [5.41, 5.74) is 1.19. The quantitative estimate of drug-likeness (QED) is 0.494. The van der Waals surface area contributed by atoms with Gasteiger partial charge in [-0.25, -0.2) is 0 Å². The lowest BCUT2D eigenvalue weighted by Crippen LogP contribution is -1.89. The van der Waals surface area contributed by atoms with Gasteiger partial charge < -0.3 is 0 Å². The molecule has 0 aliphatic rings. The number of hydrogen-bond acceptors (Lipinski definition) is 3. The van der Waals surface area contributed by atoms with E-state index in [-0.39, 0.29) is 0 Å². The number of aromatic nitrogens is 1. The number of nitrogens with zero attached hydrogens (tertiary/aromatic N) is 2. The Morgan fingerprint density at radius 2 is 2.42 bits per heavy atom. The Labute approximate surface area is 69.7 Å². The summed E-state index contributed by atoms with van der Waals surface area (Å²) in [6.07, 6.45) is 2.55. The molecule has 12 heavy (non-hydrogen) atoms. The van der Waals surface area contributed by atoms with Gasteiger partial charge in [0, 0.05) is 11.8 Å². The summed E-state index contributed by atoms with van der Waals surface area (Å²) in [5, 5.41) is 10.1. The molecule has 1 aromatic rings. The molecule has 0 unspecified atom stereocenters. The van der Waals surface area contributed by atoms with E-state index in [0.717, 1.165) is 6.20 Å². The maximum atomic E-state index is 10.1. The first-order valence-corrected chi connectivity index (χ1v) is 3.43. The first kappa shape index (κ1) is 8.39. The zero-order valence-corrected chi connectivity index (χ0v) is 6.60. The van der Waals surface area contributed by atoms with E-state index >= 15 is 0 Å². The fourth-order valence-electron chi connectivity index (χ4n) is 0.820. The predicted molar refractivity (Wildman–Crippen MR) is 44.9 cm³/mol. The monoisotopic (exact) mass is 164 g/mol. The average Bonchev–Trinajstić information content (AvgIpc) is 2.05. The third-order valence-electron chi connectivity index (χ3n) is 1.37. The van der Waals surface area contributed by atoms with Gasteiger partial charge in [-0.05, 0) is 19.1 Å². The molecule has 1 aromatic heterocycles. The summed E-state index contributed by atoms with van der Waals surface area (Å²) < 4.78 is 0. The van der Waals surface area contributed by atoms with Gasteiger partial charge in [0.1, 0.15) is 0 Å². The third kappa shape index (κ3) is 2.16. The molecule has 0 saturated heterocycles. The molecule has 4 nitrogen and oxygen atoms in total. The third-order valence-corrected chi connectivity index (χ3v) is 1.37. The molecule has 0 spiro atoms. The molecule has 1 heterocycles. The van der Waals surface area contributed by atoms with Gasteiger partial charge in [0.25, 0.3) is 0 Å². The van der Waals surface area contributed by atoms with Crippen LogP contribution in [0.15, 0.2) is 30.6 Å². The number of hydrogen-bond donors (Lipinski definition) is 0. The van der Waals surface area contributed by atoms with Crippen molar-refractivity contribution in [2.75, 3.05) is 0 Å². The minimum Gasteiger partial charge on any atom is -0.259 e. The van der Waals surface area contributed by atoms with E-state index in [9.17, 15) is 10.1 Å². The second kappa shape index (κ2) is 3.61. The highest BCUT2D eigenvalue weighted by molar-refractivity contribution is 5.58. The molecule has 0 amide bonds. The van der Waals surface area contributed by atoms with E-state index in [4.69, 9.17) is 0 Å². The molecule has 0 N–H and O–H groups in total. The fraction of sp³-hybridized carbons (Fsp3) is 0.125. The van der Waals surface area contributed by atoms with E-state index in [1.807, 2.05) is 0 Å². The van der Waals surface area contributed by atoms with Crippen LogP contribution in [0.3, 0.4) is 0 Å². The highest BCUT2D eigenvalue weighted by Gasteiger charge is 1.99. The van der Waals surface area contributed by atoms with Gasteiger partial charge >= 0.3 is 0 Å². The van der Waals surface area contributed by atoms with Crippen LogP contribution < -0.4 is 0 Å². The second-order valence-electron chi connectivity index (χ2n) is 2.31. The van der Waals surface area contributed by atoms with Gasteiger partial charge in [-0.15, -0.1) is 0 Å². The zero-order valence-electron chi connectivity index (χ0n) is 6.60. The lowest BCUT2D eigenvalue weighted by atomic mass is 10.2. The topological polar surface area (TPSA) is 56.0 Å². The molecule has 4 heteroatoms. The molecule has 0 aromatic carbocycles. The van der Waals surface area contributed by atoms with Crippen LogP contribution in [-0.2, 0) is 0 Å². The molecule has 1 rings (SSSR count). The van der Waals surface area contributed by atoms with E-state index in [2.05, 4.69) is 4.98 Å². The summed E-state index contributed by atoms with van der Waals surface area (Å²) >= 11 is 0.